The van der Waals surface area contributed by atoms with Crippen LogP contribution in [-0.4, -0.2) is 36.3 Å². The number of aromatic hydroxyl groups is 2. The van der Waals surface area contributed by atoms with Crippen molar-refractivity contribution in [2.45, 2.75) is 25.7 Å². The lowest BCUT2D eigenvalue weighted by molar-refractivity contribution is 0.425. The molecule has 18 heavy (non-hydrogen) atoms. The Morgan fingerprint density at radius 3 is 2.00 bits per heavy atom. The highest BCUT2D eigenvalue weighted by molar-refractivity contribution is 7.86. The highest BCUT2D eigenvalue weighted by Gasteiger charge is 2.18. The zero-order chi connectivity index (χ0) is 14.3. The fourth-order valence-corrected chi connectivity index (χ4v) is 1.76. The van der Waals surface area contributed by atoms with Gasteiger partial charge in [-0.05, 0) is 32.1 Å². The first kappa shape index (κ1) is 16.7. The summed E-state index contributed by atoms with van der Waals surface area (Å²) in [5.74, 6) is -0.868. The van der Waals surface area contributed by atoms with Crippen molar-refractivity contribution in [3.8, 4) is 11.5 Å². The third kappa shape index (κ3) is 4.91. The van der Waals surface area contributed by atoms with Crippen LogP contribution in [0.1, 0.15) is 19.4 Å². The Bertz CT molecular complexity index is 482. The van der Waals surface area contributed by atoms with Crippen molar-refractivity contribution in [3.05, 3.63) is 17.7 Å². The van der Waals surface area contributed by atoms with Crippen LogP contribution in [0, 0.1) is 6.92 Å². The Morgan fingerprint density at radius 2 is 1.67 bits per heavy atom. The number of phenols is 2. The highest BCUT2D eigenvalue weighted by atomic mass is 32.2. The molecule has 0 atom stereocenters. The van der Waals surface area contributed by atoms with Crippen molar-refractivity contribution in [3.63, 3.8) is 0 Å². The van der Waals surface area contributed by atoms with Crippen molar-refractivity contribution in [2.24, 2.45) is 0 Å². The molecule has 1 rings (SSSR count). The molecule has 0 fully saturated rings. The number of hydrogen-bond acceptors (Lipinski definition) is 5. The van der Waals surface area contributed by atoms with E-state index in [-0.39, 0.29) is 11.3 Å². The largest absolute Gasteiger partial charge is 0.508 e. The number of hydrogen-bond donors (Lipinski definition) is 4. The van der Waals surface area contributed by atoms with Crippen LogP contribution in [0.25, 0.3) is 0 Å². The molecule has 1 aromatic rings. The molecule has 0 bridgehead atoms. The third-order valence-electron chi connectivity index (χ3n) is 2.14. The minimum absolute atomic E-state index is 0.00938. The summed E-state index contributed by atoms with van der Waals surface area (Å²) in [7, 11) is -4.43. The van der Waals surface area contributed by atoms with Crippen molar-refractivity contribution in [1.82, 2.24) is 5.32 Å². The first-order valence-corrected chi connectivity index (χ1v) is 6.89. The zero-order valence-electron chi connectivity index (χ0n) is 10.6. The Kier molecular flexibility index (Phi) is 6.67. The summed E-state index contributed by atoms with van der Waals surface area (Å²) >= 11 is 0. The molecule has 6 nitrogen and oxygen atoms in total. The fraction of sp³-hybridized carbons (Fsp3) is 0.455. The fourth-order valence-electron chi connectivity index (χ4n) is 1.12. The van der Waals surface area contributed by atoms with Gasteiger partial charge in [0.2, 0.25) is 0 Å². The summed E-state index contributed by atoms with van der Waals surface area (Å²) in [5, 5.41) is 21.4. The summed E-state index contributed by atoms with van der Waals surface area (Å²) in [6, 6.07) is 2.01. The van der Waals surface area contributed by atoms with Gasteiger partial charge in [-0.25, -0.2) is 0 Å². The highest BCUT2D eigenvalue weighted by Crippen LogP contribution is 2.31. The van der Waals surface area contributed by atoms with Gasteiger partial charge in [0.25, 0.3) is 10.1 Å². The van der Waals surface area contributed by atoms with E-state index in [0.29, 0.717) is 0 Å². The van der Waals surface area contributed by atoms with Crippen molar-refractivity contribution < 1.29 is 23.2 Å². The summed E-state index contributed by atoms with van der Waals surface area (Å²) < 4.78 is 29.9. The van der Waals surface area contributed by atoms with Crippen LogP contribution in [0.4, 0.5) is 0 Å². The molecule has 0 spiro atoms. The summed E-state index contributed by atoms with van der Waals surface area (Å²) in [6.07, 6.45) is 0. The van der Waals surface area contributed by atoms with E-state index >= 15 is 0 Å². The second kappa shape index (κ2) is 7.20. The SMILES string of the molecule is CCNCC.Cc1c(O)ccc(S(=O)(=O)O)c1O. The molecule has 0 saturated heterocycles. The van der Waals surface area contributed by atoms with E-state index in [4.69, 9.17) is 9.66 Å². The molecule has 0 aliphatic carbocycles. The van der Waals surface area contributed by atoms with E-state index < -0.39 is 20.8 Å². The molecule has 1 aromatic carbocycles. The second-order valence-corrected chi connectivity index (χ2v) is 4.88. The van der Waals surface area contributed by atoms with Gasteiger partial charge in [-0.1, -0.05) is 13.8 Å². The molecular formula is C11H19NO5S. The van der Waals surface area contributed by atoms with E-state index in [1.54, 1.807) is 0 Å². The van der Waals surface area contributed by atoms with Crippen LogP contribution in [0.3, 0.4) is 0 Å². The normalized spacial score (nSPS) is 10.7. The first-order chi connectivity index (χ1) is 8.25. The summed E-state index contributed by atoms with van der Waals surface area (Å²) in [4.78, 5) is -0.609. The molecule has 4 N–H and O–H groups in total. The van der Waals surface area contributed by atoms with Crippen molar-refractivity contribution in [2.75, 3.05) is 13.1 Å². The summed E-state index contributed by atoms with van der Waals surface area (Å²) in [5.41, 5.74) is 0.00938. The average molecular weight is 277 g/mol. The molecule has 7 heteroatoms. The van der Waals surface area contributed by atoms with E-state index in [0.717, 1.165) is 25.2 Å². The van der Waals surface area contributed by atoms with E-state index in [1.807, 2.05) is 0 Å². The predicted octanol–water partition coefficient (Wildman–Crippen LogP) is 1.27. The molecule has 0 unspecified atom stereocenters. The molecule has 104 valence electrons. The molecule has 0 amide bonds. The van der Waals surface area contributed by atoms with Gasteiger partial charge in [-0.3, -0.25) is 4.55 Å². The van der Waals surface area contributed by atoms with Crippen LogP contribution in [0.2, 0.25) is 0 Å². The van der Waals surface area contributed by atoms with Gasteiger partial charge >= 0.3 is 0 Å². The molecule has 0 aliphatic heterocycles. The van der Waals surface area contributed by atoms with E-state index in [1.165, 1.54) is 6.92 Å². The number of phenolic OH excluding ortho intramolecular Hbond substituents is 2. The lowest BCUT2D eigenvalue weighted by Gasteiger charge is -2.05. The van der Waals surface area contributed by atoms with Crippen LogP contribution >= 0.6 is 0 Å². The molecule has 0 aromatic heterocycles. The molecule has 0 saturated carbocycles. The number of nitrogens with one attached hydrogen (secondary N) is 1. The van der Waals surface area contributed by atoms with Crippen LogP contribution in [0.5, 0.6) is 11.5 Å². The van der Waals surface area contributed by atoms with Gasteiger partial charge < -0.3 is 15.5 Å². The summed E-state index contributed by atoms with van der Waals surface area (Å²) in [6.45, 7) is 7.72. The van der Waals surface area contributed by atoms with Crippen LogP contribution in [0.15, 0.2) is 17.0 Å². The second-order valence-electron chi connectivity index (χ2n) is 3.49. The van der Waals surface area contributed by atoms with Gasteiger partial charge in [0.1, 0.15) is 16.4 Å². The standard InChI is InChI=1S/C7H8O5S.C4H11N/c1-4-5(8)2-3-6(7(4)9)13(10,11)12;1-3-5-4-2/h2-3,8-9H,1H3,(H,10,11,12);5H,3-4H2,1-2H3. The van der Waals surface area contributed by atoms with Crippen molar-refractivity contribution in [1.29, 1.82) is 0 Å². The zero-order valence-corrected chi connectivity index (χ0v) is 11.5. The molecule has 0 heterocycles. The van der Waals surface area contributed by atoms with Gasteiger partial charge in [-0.2, -0.15) is 8.42 Å². The van der Waals surface area contributed by atoms with Gasteiger partial charge in [0.05, 0.1) is 0 Å². The van der Waals surface area contributed by atoms with Crippen LogP contribution < -0.4 is 5.32 Å². The maximum atomic E-state index is 10.6. The van der Waals surface area contributed by atoms with Gasteiger partial charge in [0, 0.05) is 5.56 Å². The average Bonchev–Trinajstić information content (AvgIpc) is 2.26. The Labute approximate surface area is 107 Å². The lowest BCUT2D eigenvalue weighted by atomic mass is 10.2. The van der Waals surface area contributed by atoms with E-state index in [9.17, 15) is 13.5 Å². The topological polar surface area (TPSA) is 107 Å². The lowest BCUT2D eigenvalue weighted by Crippen LogP contribution is -2.09. The molecular weight excluding hydrogens is 258 g/mol. The monoisotopic (exact) mass is 277 g/mol. The third-order valence-corrected chi connectivity index (χ3v) is 3.03. The first-order valence-electron chi connectivity index (χ1n) is 5.45. The van der Waals surface area contributed by atoms with Gasteiger partial charge in [0.15, 0.2) is 0 Å². The van der Waals surface area contributed by atoms with Gasteiger partial charge in [-0.15, -0.1) is 0 Å². The Hall–Kier alpha value is -1.31. The molecule has 0 radical (unpaired) electrons. The Balaban J connectivity index is 0.000000494. The van der Waals surface area contributed by atoms with Crippen LogP contribution in [-0.2, 0) is 10.1 Å². The minimum Gasteiger partial charge on any atom is -0.508 e. The Morgan fingerprint density at radius 1 is 1.17 bits per heavy atom. The minimum atomic E-state index is -4.43. The quantitative estimate of drug-likeness (QED) is 0.620. The van der Waals surface area contributed by atoms with E-state index in [2.05, 4.69) is 19.2 Å². The number of benzene rings is 1. The predicted molar refractivity (Wildman–Crippen MR) is 68.5 cm³/mol. The number of rotatable bonds is 3. The smallest absolute Gasteiger partial charge is 0.298 e. The molecule has 0 aliphatic rings. The van der Waals surface area contributed by atoms with Crippen molar-refractivity contribution >= 4 is 10.1 Å². The maximum Gasteiger partial charge on any atom is 0.298 e. The maximum absolute atomic E-state index is 10.6.